The van der Waals surface area contributed by atoms with Crippen LogP contribution in [0.5, 0.6) is 5.75 Å². The minimum atomic E-state index is -0.694. The number of nitrogens with zero attached hydrogens (tertiary/aromatic N) is 1. The molecule has 1 N–H and O–H groups in total. The summed E-state index contributed by atoms with van der Waals surface area (Å²) in [6.07, 6.45) is 0.768. The number of hydrogen-bond acceptors (Lipinski definition) is 3. The number of halogens is 1. The Morgan fingerprint density at radius 2 is 2.10 bits per heavy atom. The van der Waals surface area contributed by atoms with Crippen molar-refractivity contribution in [1.29, 1.82) is 0 Å². The standard InChI is InChI=1S/C15H20ClNO3/c1-11-8-12(15(18)19)10-17(9-11)6-7-20-14-4-2-13(16)3-5-14/h2-5,11-12H,6-10H2,1H3,(H,18,19). The van der Waals surface area contributed by atoms with E-state index in [9.17, 15) is 4.79 Å². The second-order valence-electron chi connectivity index (χ2n) is 5.44. The molecular weight excluding hydrogens is 278 g/mol. The van der Waals surface area contributed by atoms with Gasteiger partial charge in [0.05, 0.1) is 5.92 Å². The molecule has 4 nitrogen and oxygen atoms in total. The van der Waals surface area contributed by atoms with Gasteiger partial charge in [0.2, 0.25) is 0 Å². The monoisotopic (exact) mass is 297 g/mol. The molecular formula is C15H20ClNO3. The summed E-state index contributed by atoms with van der Waals surface area (Å²) in [5.41, 5.74) is 0. The lowest BCUT2D eigenvalue weighted by molar-refractivity contribution is -0.144. The van der Waals surface area contributed by atoms with Crippen LogP contribution in [0.1, 0.15) is 13.3 Å². The summed E-state index contributed by atoms with van der Waals surface area (Å²) < 4.78 is 5.65. The maximum atomic E-state index is 11.1. The number of ether oxygens (including phenoxy) is 1. The van der Waals surface area contributed by atoms with Crippen LogP contribution in [0, 0.1) is 11.8 Å². The molecule has 2 unspecified atom stereocenters. The largest absolute Gasteiger partial charge is 0.492 e. The number of hydrogen-bond donors (Lipinski definition) is 1. The molecule has 110 valence electrons. The van der Waals surface area contributed by atoms with E-state index in [4.69, 9.17) is 21.4 Å². The number of carboxylic acid groups (broad SMARTS) is 1. The number of piperidine rings is 1. The Kier molecular flexibility index (Phi) is 5.26. The third-order valence-electron chi connectivity index (χ3n) is 3.57. The fourth-order valence-electron chi connectivity index (χ4n) is 2.65. The van der Waals surface area contributed by atoms with Gasteiger partial charge in [-0.25, -0.2) is 0 Å². The maximum absolute atomic E-state index is 11.1. The van der Waals surface area contributed by atoms with Crippen molar-refractivity contribution < 1.29 is 14.6 Å². The van der Waals surface area contributed by atoms with E-state index < -0.39 is 5.97 Å². The lowest BCUT2D eigenvalue weighted by Crippen LogP contribution is -2.44. The van der Waals surface area contributed by atoms with Crippen LogP contribution in [0.25, 0.3) is 0 Å². The maximum Gasteiger partial charge on any atom is 0.307 e. The zero-order valence-electron chi connectivity index (χ0n) is 11.6. The van der Waals surface area contributed by atoms with Gasteiger partial charge < -0.3 is 9.84 Å². The van der Waals surface area contributed by atoms with Crippen LogP contribution in [0.15, 0.2) is 24.3 Å². The van der Waals surface area contributed by atoms with Gasteiger partial charge >= 0.3 is 5.97 Å². The van der Waals surface area contributed by atoms with Gasteiger partial charge in [0.15, 0.2) is 0 Å². The molecule has 2 rings (SSSR count). The summed E-state index contributed by atoms with van der Waals surface area (Å²) in [4.78, 5) is 13.3. The minimum Gasteiger partial charge on any atom is -0.492 e. The quantitative estimate of drug-likeness (QED) is 0.908. The third kappa shape index (κ3) is 4.39. The summed E-state index contributed by atoms with van der Waals surface area (Å²) >= 11 is 5.81. The average Bonchev–Trinajstić information content (AvgIpc) is 2.40. The number of carbonyl (C=O) groups is 1. The SMILES string of the molecule is CC1CC(C(=O)O)CN(CCOc2ccc(Cl)cc2)C1. The first-order chi connectivity index (χ1) is 9.54. The van der Waals surface area contributed by atoms with Crippen LogP contribution in [0.2, 0.25) is 5.02 Å². The lowest BCUT2D eigenvalue weighted by atomic mass is 9.90. The van der Waals surface area contributed by atoms with E-state index in [2.05, 4.69) is 11.8 Å². The van der Waals surface area contributed by atoms with E-state index in [-0.39, 0.29) is 5.92 Å². The summed E-state index contributed by atoms with van der Waals surface area (Å²) in [6, 6.07) is 7.25. The van der Waals surface area contributed by atoms with E-state index in [0.717, 1.165) is 25.3 Å². The number of aliphatic carboxylic acids is 1. The molecule has 2 atom stereocenters. The summed E-state index contributed by atoms with van der Waals surface area (Å²) in [5.74, 6) is 0.254. The van der Waals surface area contributed by atoms with Crippen molar-refractivity contribution in [3.8, 4) is 5.75 Å². The molecule has 1 heterocycles. The van der Waals surface area contributed by atoms with Crippen LogP contribution < -0.4 is 4.74 Å². The fourth-order valence-corrected chi connectivity index (χ4v) is 2.77. The topological polar surface area (TPSA) is 49.8 Å². The number of likely N-dealkylation sites (tertiary alicyclic amines) is 1. The smallest absolute Gasteiger partial charge is 0.307 e. The Morgan fingerprint density at radius 3 is 2.75 bits per heavy atom. The van der Waals surface area contributed by atoms with Gasteiger partial charge in [-0.2, -0.15) is 0 Å². The highest BCUT2D eigenvalue weighted by molar-refractivity contribution is 6.30. The first kappa shape index (κ1) is 15.1. The third-order valence-corrected chi connectivity index (χ3v) is 3.83. The molecule has 0 bridgehead atoms. The van der Waals surface area contributed by atoms with Crippen molar-refractivity contribution in [2.24, 2.45) is 11.8 Å². The van der Waals surface area contributed by atoms with Crippen molar-refractivity contribution in [3.63, 3.8) is 0 Å². The fraction of sp³-hybridized carbons (Fsp3) is 0.533. The second-order valence-corrected chi connectivity index (χ2v) is 5.87. The molecule has 0 spiro atoms. The van der Waals surface area contributed by atoms with Gasteiger partial charge in [0.1, 0.15) is 12.4 Å². The normalized spacial score (nSPS) is 23.5. The number of benzene rings is 1. The van der Waals surface area contributed by atoms with Crippen molar-refractivity contribution in [2.45, 2.75) is 13.3 Å². The molecule has 1 aromatic rings. The summed E-state index contributed by atoms with van der Waals surface area (Å²) in [5, 5.41) is 9.82. The van der Waals surface area contributed by atoms with Crippen LogP contribution in [-0.4, -0.2) is 42.2 Å². The zero-order valence-corrected chi connectivity index (χ0v) is 12.3. The Labute approximate surface area is 124 Å². The van der Waals surface area contributed by atoms with Gasteiger partial charge in [-0.3, -0.25) is 9.69 Å². The van der Waals surface area contributed by atoms with Crippen molar-refractivity contribution in [3.05, 3.63) is 29.3 Å². The highest BCUT2D eigenvalue weighted by Gasteiger charge is 2.29. The first-order valence-electron chi connectivity index (χ1n) is 6.88. The van der Waals surface area contributed by atoms with E-state index in [1.54, 1.807) is 12.1 Å². The molecule has 0 aliphatic carbocycles. The summed E-state index contributed by atoms with van der Waals surface area (Å²) in [7, 11) is 0. The van der Waals surface area contributed by atoms with Crippen LogP contribution >= 0.6 is 11.6 Å². The van der Waals surface area contributed by atoms with Crippen LogP contribution in [0.4, 0.5) is 0 Å². The molecule has 1 saturated heterocycles. The first-order valence-corrected chi connectivity index (χ1v) is 7.26. The Balaban J connectivity index is 1.78. The van der Waals surface area contributed by atoms with Crippen molar-refractivity contribution in [1.82, 2.24) is 4.90 Å². The van der Waals surface area contributed by atoms with Crippen LogP contribution in [-0.2, 0) is 4.79 Å². The number of carboxylic acids is 1. The Hall–Kier alpha value is -1.26. The molecule has 1 aliphatic rings. The Morgan fingerprint density at radius 1 is 1.40 bits per heavy atom. The lowest BCUT2D eigenvalue weighted by Gasteiger charge is -2.34. The van der Waals surface area contributed by atoms with E-state index in [0.29, 0.717) is 24.1 Å². The molecule has 1 aromatic carbocycles. The molecule has 1 fully saturated rings. The molecule has 0 amide bonds. The van der Waals surface area contributed by atoms with Crippen LogP contribution in [0.3, 0.4) is 0 Å². The van der Waals surface area contributed by atoms with Gasteiger partial charge in [-0.15, -0.1) is 0 Å². The molecule has 0 radical (unpaired) electrons. The Bertz CT molecular complexity index is 449. The molecule has 0 saturated carbocycles. The molecule has 0 aromatic heterocycles. The predicted octanol–water partition coefficient (Wildman–Crippen LogP) is 2.76. The minimum absolute atomic E-state index is 0.255. The zero-order chi connectivity index (χ0) is 14.5. The van der Waals surface area contributed by atoms with Gasteiger partial charge in [0, 0.05) is 24.7 Å². The van der Waals surface area contributed by atoms with Gasteiger partial charge in [0.25, 0.3) is 0 Å². The molecule has 5 heteroatoms. The number of rotatable bonds is 5. The van der Waals surface area contributed by atoms with Gasteiger partial charge in [-0.05, 0) is 36.6 Å². The average molecular weight is 298 g/mol. The highest BCUT2D eigenvalue weighted by atomic mass is 35.5. The van der Waals surface area contributed by atoms with E-state index in [1.807, 2.05) is 12.1 Å². The van der Waals surface area contributed by atoms with E-state index >= 15 is 0 Å². The molecule has 1 aliphatic heterocycles. The van der Waals surface area contributed by atoms with Crippen molar-refractivity contribution >= 4 is 17.6 Å². The summed E-state index contributed by atoms with van der Waals surface area (Å²) in [6.45, 7) is 4.96. The predicted molar refractivity (Wildman–Crippen MR) is 78.3 cm³/mol. The van der Waals surface area contributed by atoms with Crippen molar-refractivity contribution in [2.75, 3.05) is 26.2 Å². The molecule has 20 heavy (non-hydrogen) atoms. The second kappa shape index (κ2) is 6.95. The highest BCUT2D eigenvalue weighted by Crippen LogP contribution is 2.21. The van der Waals surface area contributed by atoms with E-state index in [1.165, 1.54) is 0 Å². The van der Waals surface area contributed by atoms with Gasteiger partial charge in [-0.1, -0.05) is 18.5 Å².